The number of carbonyl (C=O) groups excluding carboxylic acids is 1. The number of thiophene rings is 1. The maximum Gasteiger partial charge on any atom is 0.312 e. The Kier molecular flexibility index (Phi) is 5.88. The number of aromatic nitrogens is 1. The molecule has 0 bridgehead atoms. The Balaban J connectivity index is 1.98. The SMILES string of the molecule is CC(=O)N(Cc1ccc(-c2cccs2)cc1Cl)c1nc(Br)ccc1[N+](=O)[O-]. The molecule has 1 amide bonds. The van der Waals surface area contributed by atoms with Crippen LogP contribution in [-0.4, -0.2) is 15.8 Å². The summed E-state index contributed by atoms with van der Waals surface area (Å²) in [5.74, 6) is -0.401. The Labute approximate surface area is 172 Å². The Morgan fingerprint density at radius 3 is 2.70 bits per heavy atom. The number of hydrogen-bond acceptors (Lipinski definition) is 5. The van der Waals surface area contributed by atoms with Crippen LogP contribution >= 0.6 is 38.9 Å². The Bertz CT molecular complexity index is 1010. The van der Waals surface area contributed by atoms with Gasteiger partial charge < -0.3 is 0 Å². The Morgan fingerprint density at radius 1 is 1.33 bits per heavy atom. The molecule has 2 aromatic heterocycles. The van der Waals surface area contributed by atoms with Crippen LogP contribution in [0.2, 0.25) is 5.02 Å². The van der Waals surface area contributed by atoms with Crippen LogP contribution in [0.25, 0.3) is 10.4 Å². The lowest BCUT2D eigenvalue weighted by molar-refractivity contribution is -0.384. The van der Waals surface area contributed by atoms with Crippen molar-refractivity contribution < 1.29 is 9.72 Å². The van der Waals surface area contributed by atoms with Crippen LogP contribution in [0, 0.1) is 10.1 Å². The number of rotatable bonds is 5. The molecule has 3 aromatic rings. The van der Waals surface area contributed by atoms with Crippen LogP contribution in [0.1, 0.15) is 12.5 Å². The van der Waals surface area contributed by atoms with Crippen molar-refractivity contribution in [2.24, 2.45) is 0 Å². The van der Waals surface area contributed by atoms with E-state index in [9.17, 15) is 14.9 Å². The molecule has 0 spiro atoms. The third kappa shape index (κ3) is 4.35. The molecule has 0 radical (unpaired) electrons. The van der Waals surface area contributed by atoms with Crippen molar-refractivity contribution in [2.75, 3.05) is 4.90 Å². The van der Waals surface area contributed by atoms with Crippen molar-refractivity contribution in [3.63, 3.8) is 0 Å². The predicted octanol–water partition coefficient (Wildman–Crippen LogP) is 5.69. The monoisotopic (exact) mass is 465 g/mol. The summed E-state index contributed by atoms with van der Waals surface area (Å²) < 4.78 is 0.397. The minimum absolute atomic E-state index is 0.0275. The van der Waals surface area contributed by atoms with Gasteiger partial charge in [0.05, 0.1) is 11.5 Å². The number of amides is 1. The number of anilines is 1. The van der Waals surface area contributed by atoms with Gasteiger partial charge in [0.2, 0.25) is 11.7 Å². The summed E-state index contributed by atoms with van der Waals surface area (Å²) >= 11 is 11.2. The predicted molar refractivity (Wildman–Crippen MR) is 110 cm³/mol. The number of hydrogen-bond donors (Lipinski definition) is 0. The van der Waals surface area contributed by atoms with Gasteiger partial charge >= 0.3 is 5.69 Å². The van der Waals surface area contributed by atoms with Gasteiger partial charge in [-0.3, -0.25) is 19.8 Å². The molecule has 0 aliphatic heterocycles. The lowest BCUT2D eigenvalue weighted by Crippen LogP contribution is -2.29. The molecule has 0 atom stereocenters. The van der Waals surface area contributed by atoms with Crippen molar-refractivity contribution in [3.05, 3.63) is 73.1 Å². The first-order valence-corrected chi connectivity index (χ1v) is 9.83. The van der Waals surface area contributed by atoms with Gasteiger partial charge in [0.25, 0.3) is 0 Å². The molecule has 27 heavy (non-hydrogen) atoms. The van der Waals surface area contributed by atoms with Crippen LogP contribution in [0.15, 0.2) is 52.4 Å². The van der Waals surface area contributed by atoms with E-state index in [-0.39, 0.29) is 24.0 Å². The molecule has 1 aromatic carbocycles. The number of carbonyl (C=O) groups is 1. The molecule has 2 heterocycles. The van der Waals surface area contributed by atoms with Gasteiger partial charge in [0, 0.05) is 22.9 Å². The van der Waals surface area contributed by atoms with E-state index in [1.807, 2.05) is 35.7 Å². The van der Waals surface area contributed by atoms with Gasteiger partial charge in [-0.25, -0.2) is 4.98 Å². The lowest BCUT2D eigenvalue weighted by Gasteiger charge is -2.21. The summed E-state index contributed by atoms with van der Waals surface area (Å²) in [7, 11) is 0. The second-order valence-corrected chi connectivity index (χ2v) is 7.79. The molecule has 0 fully saturated rings. The van der Waals surface area contributed by atoms with E-state index in [0.717, 1.165) is 10.4 Å². The zero-order valence-corrected chi connectivity index (χ0v) is 17.2. The summed E-state index contributed by atoms with van der Waals surface area (Å²) in [6.45, 7) is 1.41. The topological polar surface area (TPSA) is 76.3 Å². The van der Waals surface area contributed by atoms with Crippen molar-refractivity contribution >= 4 is 56.3 Å². The average molecular weight is 467 g/mol. The summed E-state index contributed by atoms with van der Waals surface area (Å²) in [5.41, 5.74) is 1.39. The fourth-order valence-electron chi connectivity index (χ4n) is 2.54. The number of halogens is 2. The summed E-state index contributed by atoms with van der Waals surface area (Å²) in [4.78, 5) is 29.4. The van der Waals surface area contributed by atoms with Crippen LogP contribution in [0.5, 0.6) is 0 Å². The normalized spacial score (nSPS) is 10.6. The minimum atomic E-state index is -0.563. The average Bonchev–Trinajstić information content (AvgIpc) is 3.14. The fraction of sp³-hybridized carbons (Fsp3) is 0.111. The van der Waals surface area contributed by atoms with Crippen LogP contribution in [-0.2, 0) is 11.3 Å². The highest BCUT2D eigenvalue weighted by Gasteiger charge is 2.25. The maximum atomic E-state index is 12.2. The van der Waals surface area contributed by atoms with E-state index in [1.165, 1.54) is 24.0 Å². The largest absolute Gasteiger partial charge is 0.312 e. The molecule has 0 aliphatic carbocycles. The number of nitro groups is 1. The molecule has 9 heteroatoms. The summed E-state index contributed by atoms with van der Waals surface area (Å²) in [5, 5.41) is 13.8. The van der Waals surface area contributed by atoms with E-state index in [1.54, 1.807) is 11.3 Å². The van der Waals surface area contributed by atoms with Gasteiger partial charge in [-0.05, 0) is 50.6 Å². The second kappa shape index (κ2) is 8.16. The van der Waals surface area contributed by atoms with Crippen molar-refractivity contribution in [3.8, 4) is 10.4 Å². The van der Waals surface area contributed by atoms with E-state index >= 15 is 0 Å². The number of nitrogens with zero attached hydrogens (tertiary/aromatic N) is 3. The highest BCUT2D eigenvalue weighted by atomic mass is 79.9. The van der Waals surface area contributed by atoms with Crippen molar-refractivity contribution in [1.29, 1.82) is 0 Å². The van der Waals surface area contributed by atoms with E-state index in [4.69, 9.17) is 11.6 Å². The molecule has 0 unspecified atom stereocenters. The first kappa shape index (κ1) is 19.5. The first-order chi connectivity index (χ1) is 12.9. The van der Waals surface area contributed by atoms with Crippen LogP contribution < -0.4 is 4.90 Å². The molecule has 0 aliphatic rings. The Morgan fingerprint density at radius 2 is 2.11 bits per heavy atom. The maximum absolute atomic E-state index is 12.2. The first-order valence-electron chi connectivity index (χ1n) is 7.78. The number of benzene rings is 1. The quantitative estimate of drug-likeness (QED) is 0.275. The highest BCUT2D eigenvalue weighted by Crippen LogP contribution is 2.32. The smallest absolute Gasteiger partial charge is 0.287 e. The van der Waals surface area contributed by atoms with Crippen LogP contribution in [0.3, 0.4) is 0 Å². The van der Waals surface area contributed by atoms with Gasteiger partial charge in [0.15, 0.2) is 0 Å². The van der Waals surface area contributed by atoms with Gasteiger partial charge in [-0.2, -0.15) is 0 Å². The Hall–Kier alpha value is -2.29. The number of pyridine rings is 1. The molecule has 0 saturated heterocycles. The van der Waals surface area contributed by atoms with Crippen LogP contribution in [0.4, 0.5) is 11.5 Å². The minimum Gasteiger partial charge on any atom is -0.287 e. The standard InChI is InChI=1S/C18H13BrClN3O3S/c1-11(24)22(18-15(23(25)26)6-7-17(19)21-18)10-13-5-4-12(9-14(13)20)16-3-2-8-27-16/h2-9H,10H2,1H3. The molecular formula is C18H13BrClN3O3S. The molecule has 3 rings (SSSR count). The lowest BCUT2D eigenvalue weighted by atomic mass is 10.1. The zero-order valence-electron chi connectivity index (χ0n) is 14.1. The molecule has 0 N–H and O–H groups in total. The van der Waals surface area contributed by atoms with Gasteiger partial charge in [0.1, 0.15) is 4.60 Å². The van der Waals surface area contributed by atoms with E-state index in [0.29, 0.717) is 15.2 Å². The highest BCUT2D eigenvalue weighted by molar-refractivity contribution is 9.10. The molecular weight excluding hydrogens is 454 g/mol. The fourth-order valence-corrected chi connectivity index (χ4v) is 3.80. The molecule has 0 saturated carbocycles. The third-order valence-electron chi connectivity index (χ3n) is 3.84. The third-order valence-corrected chi connectivity index (χ3v) is 5.55. The summed E-state index contributed by atoms with van der Waals surface area (Å²) in [6.07, 6.45) is 0. The summed E-state index contributed by atoms with van der Waals surface area (Å²) in [6, 6.07) is 12.3. The molecule has 138 valence electrons. The van der Waals surface area contributed by atoms with E-state index in [2.05, 4.69) is 20.9 Å². The zero-order chi connectivity index (χ0) is 19.6. The van der Waals surface area contributed by atoms with Crippen molar-refractivity contribution in [1.82, 2.24) is 4.98 Å². The molecule has 6 nitrogen and oxygen atoms in total. The second-order valence-electron chi connectivity index (χ2n) is 5.62. The van der Waals surface area contributed by atoms with Gasteiger partial charge in [-0.1, -0.05) is 29.8 Å². The van der Waals surface area contributed by atoms with E-state index < -0.39 is 4.92 Å². The van der Waals surface area contributed by atoms with Crippen molar-refractivity contribution in [2.45, 2.75) is 13.5 Å². The van der Waals surface area contributed by atoms with Gasteiger partial charge in [-0.15, -0.1) is 11.3 Å².